The van der Waals surface area contributed by atoms with E-state index in [9.17, 15) is 9.18 Å². The average molecular weight is 359 g/mol. The Morgan fingerprint density at radius 2 is 2.24 bits per heavy atom. The number of halogens is 1. The maximum absolute atomic E-state index is 14.2. The quantitative estimate of drug-likeness (QED) is 0.767. The van der Waals surface area contributed by atoms with Crippen LogP contribution in [0.15, 0.2) is 12.5 Å². The molecule has 1 aliphatic carbocycles. The minimum absolute atomic E-state index is 0.0542. The van der Waals surface area contributed by atoms with E-state index in [4.69, 9.17) is 0 Å². The van der Waals surface area contributed by atoms with Gasteiger partial charge in [-0.25, -0.2) is 14.4 Å². The van der Waals surface area contributed by atoms with Crippen LogP contribution in [0.5, 0.6) is 0 Å². The molecule has 0 unspecified atom stereocenters. The van der Waals surface area contributed by atoms with Gasteiger partial charge in [0.25, 0.3) is 0 Å². The van der Waals surface area contributed by atoms with E-state index in [0.717, 1.165) is 38.0 Å². The molecule has 1 N–H and O–H groups in total. The zero-order valence-corrected chi connectivity index (χ0v) is 14.0. The molecular formula is C15H14FN7OS. The average Bonchev–Trinajstić information content (AvgIpc) is 3.19. The summed E-state index contributed by atoms with van der Waals surface area (Å²) in [4.78, 5) is 22.6. The summed E-state index contributed by atoms with van der Waals surface area (Å²) in [5.74, 6) is 0.759. The highest BCUT2D eigenvalue weighted by Crippen LogP contribution is 2.36. The molecule has 0 bridgehead atoms. The summed E-state index contributed by atoms with van der Waals surface area (Å²) in [6.07, 6.45) is 4.62. The lowest BCUT2D eigenvalue weighted by Gasteiger charge is -2.26. The van der Waals surface area contributed by atoms with Gasteiger partial charge in [0.1, 0.15) is 16.5 Å². The number of carbonyl (C=O) groups excluding carboxylic acids is 1. The lowest BCUT2D eigenvalue weighted by molar-refractivity contribution is -0.117. The first kappa shape index (κ1) is 14.7. The van der Waals surface area contributed by atoms with Gasteiger partial charge >= 0.3 is 0 Å². The fraction of sp³-hybridized carbons (Fsp3) is 0.400. The van der Waals surface area contributed by atoms with Gasteiger partial charge < -0.3 is 14.8 Å². The molecule has 1 aliphatic heterocycles. The van der Waals surface area contributed by atoms with Crippen molar-refractivity contribution in [1.29, 1.82) is 0 Å². The molecular weight excluding hydrogens is 345 g/mol. The Bertz CT molecular complexity index is 980. The van der Waals surface area contributed by atoms with E-state index in [2.05, 4.69) is 25.5 Å². The van der Waals surface area contributed by atoms with E-state index < -0.39 is 5.82 Å². The molecule has 1 amide bonds. The van der Waals surface area contributed by atoms with Crippen LogP contribution in [0.1, 0.15) is 18.7 Å². The van der Waals surface area contributed by atoms with Crippen molar-refractivity contribution in [2.45, 2.75) is 25.9 Å². The molecule has 128 valence electrons. The summed E-state index contributed by atoms with van der Waals surface area (Å²) >= 11 is 1.34. The van der Waals surface area contributed by atoms with Gasteiger partial charge in [0.05, 0.1) is 12.7 Å². The van der Waals surface area contributed by atoms with Gasteiger partial charge in [-0.15, -0.1) is 10.2 Å². The predicted octanol–water partition coefficient (Wildman–Crippen LogP) is 1.79. The topological polar surface area (TPSA) is 88.8 Å². The largest absolute Gasteiger partial charge is 0.339 e. The second-order valence-electron chi connectivity index (χ2n) is 6.25. The molecule has 2 aliphatic rings. The number of thiazole rings is 1. The third kappa shape index (κ3) is 2.53. The maximum Gasteiger partial charge on any atom is 0.228 e. The van der Waals surface area contributed by atoms with Gasteiger partial charge in [0.15, 0.2) is 22.6 Å². The minimum atomic E-state index is -0.484. The number of rotatable bonds is 3. The van der Waals surface area contributed by atoms with Crippen molar-refractivity contribution in [2.24, 2.45) is 5.92 Å². The summed E-state index contributed by atoms with van der Waals surface area (Å²) in [5.41, 5.74) is 0.244. The van der Waals surface area contributed by atoms with Crippen LogP contribution in [0.3, 0.4) is 0 Å². The number of hydrogen-bond acceptors (Lipinski definition) is 7. The second kappa shape index (κ2) is 5.45. The Balaban J connectivity index is 1.50. The van der Waals surface area contributed by atoms with E-state index in [1.165, 1.54) is 11.3 Å². The monoisotopic (exact) mass is 359 g/mol. The normalized spacial score (nSPS) is 16.9. The summed E-state index contributed by atoms with van der Waals surface area (Å²) in [6, 6.07) is 0. The number of carbonyl (C=O) groups is 1. The predicted molar refractivity (Wildman–Crippen MR) is 89.8 cm³/mol. The molecule has 0 spiro atoms. The zero-order valence-electron chi connectivity index (χ0n) is 13.1. The molecule has 0 saturated heterocycles. The molecule has 25 heavy (non-hydrogen) atoms. The van der Waals surface area contributed by atoms with Crippen molar-refractivity contribution in [3.8, 4) is 0 Å². The number of pyridine rings is 1. The minimum Gasteiger partial charge on any atom is -0.339 e. The number of nitrogens with one attached hydrogen (secondary N) is 1. The van der Waals surface area contributed by atoms with Crippen LogP contribution in [0, 0.1) is 11.7 Å². The first-order valence-electron chi connectivity index (χ1n) is 8.06. The number of hydrogen-bond donors (Lipinski definition) is 1. The van der Waals surface area contributed by atoms with Crippen LogP contribution >= 0.6 is 11.3 Å². The molecule has 4 heterocycles. The third-order valence-electron chi connectivity index (χ3n) is 4.46. The molecule has 8 nitrogen and oxygen atoms in total. The highest BCUT2D eigenvalue weighted by Gasteiger charge is 2.31. The van der Waals surface area contributed by atoms with Crippen molar-refractivity contribution in [3.05, 3.63) is 24.2 Å². The molecule has 3 aromatic rings. The molecule has 0 atom stereocenters. The Morgan fingerprint density at radius 3 is 3.08 bits per heavy atom. The third-order valence-corrected chi connectivity index (χ3v) is 5.59. The number of amides is 1. The number of fused-ring (bicyclic) bond motifs is 2. The van der Waals surface area contributed by atoms with E-state index in [-0.39, 0.29) is 17.3 Å². The highest BCUT2D eigenvalue weighted by molar-refractivity contribution is 7.22. The second-order valence-corrected chi connectivity index (χ2v) is 7.23. The first-order valence-corrected chi connectivity index (χ1v) is 8.88. The van der Waals surface area contributed by atoms with Crippen molar-refractivity contribution in [3.63, 3.8) is 0 Å². The number of aromatic nitrogens is 5. The van der Waals surface area contributed by atoms with Crippen LogP contribution in [0.25, 0.3) is 10.2 Å². The summed E-state index contributed by atoms with van der Waals surface area (Å²) in [5, 5.41) is 11.5. The number of nitrogens with zero attached hydrogens (tertiary/aromatic N) is 6. The van der Waals surface area contributed by atoms with Gasteiger partial charge in [-0.3, -0.25) is 4.79 Å². The fourth-order valence-corrected chi connectivity index (χ4v) is 3.94. The van der Waals surface area contributed by atoms with Crippen molar-refractivity contribution >= 4 is 38.4 Å². The van der Waals surface area contributed by atoms with Crippen molar-refractivity contribution < 1.29 is 9.18 Å². The number of anilines is 2. The Kier molecular flexibility index (Phi) is 3.20. The molecule has 1 fully saturated rings. The molecule has 0 radical (unpaired) electrons. The van der Waals surface area contributed by atoms with E-state index in [1.54, 1.807) is 6.33 Å². The van der Waals surface area contributed by atoms with Crippen LogP contribution in [0.4, 0.5) is 15.3 Å². The van der Waals surface area contributed by atoms with E-state index in [0.29, 0.717) is 22.2 Å². The van der Waals surface area contributed by atoms with Gasteiger partial charge in [-0.05, 0) is 12.8 Å². The lowest BCUT2D eigenvalue weighted by atomic mass is 10.3. The van der Waals surface area contributed by atoms with Gasteiger partial charge in [-0.1, -0.05) is 11.3 Å². The van der Waals surface area contributed by atoms with Crippen LogP contribution in [0.2, 0.25) is 0 Å². The van der Waals surface area contributed by atoms with Crippen LogP contribution < -0.4 is 10.2 Å². The first-order chi connectivity index (χ1) is 12.2. The maximum atomic E-state index is 14.2. The van der Waals surface area contributed by atoms with E-state index >= 15 is 0 Å². The SMILES string of the molecule is O=C(Nc1ncc(F)c2nc(N3CCn4cnnc4C3)sc12)C1CC1. The summed E-state index contributed by atoms with van der Waals surface area (Å²) in [6.45, 7) is 2.06. The van der Waals surface area contributed by atoms with Gasteiger partial charge in [0.2, 0.25) is 5.91 Å². The van der Waals surface area contributed by atoms with Crippen molar-refractivity contribution in [1.82, 2.24) is 24.7 Å². The van der Waals surface area contributed by atoms with E-state index in [1.807, 2.05) is 9.47 Å². The Morgan fingerprint density at radius 1 is 1.36 bits per heavy atom. The van der Waals surface area contributed by atoms with Gasteiger partial charge in [0, 0.05) is 19.0 Å². The highest BCUT2D eigenvalue weighted by atomic mass is 32.1. The zero-order chi connectivity index (χ0) is 17.0. The fourth-order valence-electron chi connectivity index (χ4n) is 2.89. The molecule has 3 aromatic heterocycles. The molecule has 5 rings (SSSR count). The lowest BCUT2D eigenvalue weighted by Crippen LogP contribution is -2.33. The molecule has 0 aromatic carbocycles. The standard InChI is InChI=1S/C15H14FN7OS/c16-9-5-17-13(20-14(24)8-1-2-8)12-11(9)19-15(25-12)22-3-4-23-7-18-21-10(23)6-22/h5,7-8H,1-4,6H2,(H,17,20,24). The van der Waals surface area contributed by atoms with Crippen LogP contribution in [-0.2, 0) is 17.9 Å². The van der Waals surface area contributed by atoms with Crippen molar-refractivity contribution in [2.75, 3.05) is 16.8 Å². The molecule has 10 heteroatoms. The smallest absolute Gasteiger partial charge is 0.228 e. The Labute approximate surface area is 145 Å². The molecule has 1 saturated carbocycles. The summed E-state index contributed by atoms with van der Waals surface area (Å²) < 4.78 is 16.7. The van der Waals surface area contributed by atoms with Gasteiger partial charge in [-0.2, -0.15) is 0 Å². The Hall–Kier alpha value is -2.62. The summed E-state index contributed by atoms with van der Waals surface area (Å²) in [7, 11) is 0. The van der Waals surface area contributed by atoms with Crippen LogP contribution in [-0.4, -0.2) is 37.2 Å².